The van der Waals surface area contributed by atoms with Crippen LogP contribution in [0, 0.1) is 5.41 Å². The number of halogens is 6. The van der Waals surface area contributed by atoms with Gasteiger partial charge in [-0.1, -0.05) is 13.3 Å². The zero-order valence-corrected chi connectivity index (χ0v) is 11.7. The van der Waals surface area contributed by atoms with E-state index in [2.05, 4.69) is 0 Å². The van der Waals surface area contributed by atoms with Gasteiger partial charge in [-0.25, -0.2) is 0 Å². The zero-order chi connectivity index (χ0) is 16.0. The molecular formula is C12H20F6O2. The molecule has 0 amide bonds. The molecule has 122 valence electrons. The summed E-state index contributed by atoms with van der Waals surface area (Å²) in [4.78, 5) is 0. The second-order valence-electron chi connectivity index (χ2n) is 4.69. The van der Waals surface area contributed by atoms with E-state index in [1.807, 2.05) is 6.92 Å². The van der Waals surface area contributed by atoms with Crippen LogP contribution in [-0.4, -0.2) is 38.3 Å². The molecule has 0 aliphatic carbocycles. The van der Waals surface area contributed by atoms with E-state index in [1.165, 1.54) is 6.92 Å². The van der Waals surface area contributed by atoms with Gasteiger partial charge in [0.05, 0.1) is 13.2 Å². The molecule has 1 unspecified atom stereocenters. The molecule has 0 bridgehead atoms. The van der Waals surface area contributed by atoms with Crippen LogP contribution in [0.15, 0.2) is 0 Å². The minimum atomic E-state index is -5.23. The van der Waals surface area contributed by atoms with Gasteiger partial charge in [-0.3, -0.25) is 0 Å². The van der Waals surface area contributed by atoms with Crippen LogP contribution >= 0.6 is 0 Å². The van der Waals surface area contributed by atoms with Crippen molar-refractivity contribution in [3.05, 3.63) is 0 Å². The summed E-state index contributed by atoms with van der Waals surface area (Å²) in [6, 6.07) is 0. The summed E-state index contributed by atoms with van der Waals surface area (Å²) in [5.74, 6) is 0. The molecule has 8 heteroatoms. The summed E-state index contributed by atoms with van der Waals surface area (Å²) in [7, 11) is 0. The molecule has 0 aromatic heterocycles. The van der Waals surface area contributed by atoms with E-state index >= 15 is 0 Å². The van der Waals surface area contributed by atoms with E-state index in [0.717, 1.165) is 19.8 Å². The van der Waals surface area contributed by atoms with Gasteiger partial charge in [0.15, 0.2) is 5.41 Å². The van der Waals surface area contributed by atoms with Crippen LogP contribution in [0.1, 0.15) is 33.6 Å². The van der Waals surface area contributed by atoms with E-state index in [9.17, 15) is 26.3 Å². The monoisotopic (exact) mass is 310 g/mol. The van der Waals surface area contributed by atoms with Crippen molar-refractivity contribution in [2.24, 2.45) is 5.41 Å². The van der Waals surface area contributed by atoms with Crippen molar-refractivity contribution < 1.29 is 35.8 Å². The molecule has 1 heterocycles. The summed E-state index contributed by atoms with van der Waals surface area (Å²) in [6.45, 7) is 5.96. The lowest BCUT2D eigenvalue weighted by Gasteiger charge is -2.33. The summed E-state index contributed by atoms with van der Waals surface area (Å²) in [5.41, 5.74) is -3.57. The molecular weight excluding hydrogens is 290 g/mol. The first-order chi connectivity index (χ1) is 8.99. The highest BCUT2D eigenvalue weighted by molar-refractivity contribution is 4.88. The molecule has 1 aliphatic heterocycles. The van der Waals surface area contributed by atoms with Gasteiger partial charge in [0.1, 0.15) is 6.10 Å². The molecule has 2 nitrogen and oxygen atoms in total. The second kappa shape index (κ2) is 7.49. The molecule has 0 N–H and O–H groups in total. The third-order valence-electron chi connectivity index (χ3n) is 2.91. The average molecular weight is 310 g/mol. The quantitative estimate of drug-likeness (QED) is 0.556. The van der Waals surface area contributed by atoms with Crippen molar-refractivity contribution in [2.75, 3.05) is 19.8 Å². The lowest BCUT2D eigenvalue weighted by Crippen LogP contribution is -2.47. The fraction of sp³-hybridized carbons (Fsp3) is 1.00. The smallest absolute Gasteiger partial charge is 0.379 e. The molecule has 1 fully saturated rings. The van der Waals surface area contributed by atoms with Crippen LogP contribution in [0.2, 0.25) is 0 Å². The van der Waals surface area contributed by atoms with Gasteiger partial charge in [-0.2, -0.15) is 26.3 Å². The Balaban J connectivity index is 0.000000428. The van der Waals surface area contributed by atoms with Crippen molar-refractivity contribution in [1.29, 1.82) is 0 Å². The highest BCUT2D eigenvalue weighted by atomic mass is 19.4. The Bertz CT molecular complexity index is 256. The average Bonchev–Trinajstić information content (AvgIpc) is 3.08. The molecule has 1 atom stereocenters. The van der Waals surface area contributed by atoms with Crippen LogP contribution in [0.4, 0.5) is 26.3 Å². The zero-order valence-electron chi connectivity index (χ0n) is 11.7. The largest absolute Gasteiger partial charge is 0.402 e. The Labute approximate surface area is 114 Å². The standard InChI is InChI=1S/C7H10F6.C5H10O2/c1-3-4-5(2,6(8,9)10)7(11,12)13;1-2-6-3-5-4-7-5/h3-4H2,1-2H3;5H,2-4H2,1H3. The Morgan fingerprint density at radius 2 is 1.50 bits per heavy atom. The van der Waals surface area contributed by atoms with Gasteiger partial charge in [-0.15, -0.1) is 0 Å². The van der Waals surface area contributed by atoms with Crippen LogP contribution in [-0.2, 0) is 9.47 Å². The van der Waals surface area contributed by atoms with Crippen LogP contribution in [0.5, 0.6) is 0 Å². The van der Waals surface area contributed by atoms with Gasteiger partial charge >= 0.3 is 12.4 Å². The van der Waals surface area contributed by atoms with Crippen molar-refractivity contribution >= 4 is 0 Å². The molecule has 1 saturated heterocycles. The first-order valence-electron chi connectivity index (χ1n) is 6.32. The summed E-state index contributed by atoms with van der Waals surface area (Å²) in [6.07, 6.45) is -11.1. The van der Waals surface area contributed by atoms with Crippen molar-refractivity contribution in [3.63, 3.8) is 0 Å². The third kappa shape index (κ3) is 5.87. The highest BCUT2D eigenvalue weighted by Gasteiger charge is 2.66. The Morgan fingerprint density at radius 3 is 1.70 bits per heavy atom. The molecule has 0 aromatic carbocycles. The fourth-order valence-corrected chi connectivity index (χ4v) is 1.36. The van der Waals surface area contributed by atoms with Gasteiger partial charge in [0, 0.05) is 6.61 Å². The SMILES string of the molecule is CCCC(C)(C(F)(F)F)C(F)(F)F.CCOCC1CO1. The van der Waals surface area contributed by atoms with Crippen LogP contribution < -0.4 is 0 Å². The molecule has 1 aliphatic rings. The van der Waals surface area contributed by atoms with Gasteiger partial charge < -0.3 is 9.47 Å². The lowest BCUT2D eigenvalue weighted by molar-refractivity contribution is -0.336. The summed E-state index contributed by atoms with van der Waals surface area (Å²) < 4.78 is 82.3. The number of hydrogen-bond donors (Lipinski definition) is 0. The van der Waals surface area contributed by atoms with Crippen molar-refractivity contribution in [2.45, 2.75) is 52.1 Å². The molecule has 0 spiro atoms. The summed E-state index contributed by atoms with van der Waals surface area (Å²) >= 11 is 0. The number of alkyl halides is 6. The number of rotatable bonds is 5. The normalized spacial score (nSPS) is 19.4. The Morgan fingerprint density at radius 1 is 1.05 bits per heavy atom. The Hall–Kier alpha value is -0.500. The number of hydrogen-bond acceptors (Lipinski definition) is 2. The van der Waals surface area contributed by atoms with E-state index in [4.69, 9.17) is 9.47 Å². The van der Waals surface area contributed by atoms with Crippen molar-refractivity contribution in [1.82, 2.24) is 0 Å². The van der Waals surface area contributed by atoms with Crippen LogP contribution in [0.3, 0.4) is 0 Å². The first kappa shape index (κ1) is 19.5. The lowest BCUT2D eigenvalue weighted by atomic mass is 9.84. The van der Waals surface area contributed by atoms with Gasteiger partial charge in [0.25, 0.3) is 0 Å². The molecule has 0 radical (unpaired) electrons. The summed E-state index contributed by atoms with van der Waals surface area (Å²) in [5, 5.41) is 0. The molecule has 0 saturated carbocycles. The van der Waals surface area contributed by atoms with Gasteiger partial charge in [-0.05, 0) is 20.3 Å². The second-order valence-corrected chi connectivity index (χ2v) is 4.69. The maximum absolute atomic E-state index is 12.1. The molecule has 0 aromatic rings. The van der Waals surface area contributed by atoms with E-state index in [0.29, 0.717) is 6.10 Å². The molecule has 20 heavy (non-hydrogen) atoms. The van der Waals surface area contributed by atoms with Gasteiger partial charge in [0.2, 0.25) is 0 Å². The fourth-order valence-electron chi connectivity index (χ4n) is 1.36. The predicted molar refractivity (Wildman–Crippen MR) is 61.4 cm³/mol. The topological polar surface area (TPSA) is 21.8 Å². The highest BCUT2D eigenvalue weighted by Crippen LogP contribution is 2.52. The number of epoxide rings is 1. The van der Waals surface area contributed by atoms with E-state index < -0.39 is 24.2 Å². The Kier molecular flexibility index (Phi) is 7.30. The van der Waals surface area contributed by atoms with Crippen LogP contribution in [0.25, 0.3) is 0 Å². The maximum Gasteiger partial charge on any atom is 0.402 e. The first-order valence-corrected chi connectivity index (χ1v) is 6.32. The predicted octanol–water partition coefficient (Wildman–Crippen LogP) is 4.34. The maximum atomic E-state index is 12.1. The third-order valence-corrected chi connectivity index (χ3v) is 2.91. The van der Waals surface area contributed by atoms with E-state index in [1.54, 1.807) is 0 Å². The molecule has 1 rings (SSSR count). The minimum absolute atomic E-state index is 0.157. The number of ether oxygens (including phenoxy) is 2. The minimum Gasteiger partial charge on any atom is -0.379 e. The van der Waals surface area contributed by atoms with Crippen molar-refractivity contribution in [3.8, 4) is 0 Å². The van der Waals surface area contributed by atoms with E-state index in [-0.39, 0.29) is 13.3 Å².